The number of unbranched alkanes of at least 4 members (excludes halogenated alkanes) is 18. The number of thiophene rings is 1. The number of fused-ring (bicyclic) bond motifs is 1. The van der Waals surface area contributed by atoms with E-state index in [1.165, 1.54) is 140 Å². The highest BCUT2D eigenvalue weighted by atomic mass is 32.1. The molecule has 2 rings (SSSR count). The third-order valence-corrected chi connectivity index (χ3v) is 7.72. The number of hydrogen-bond acceptors (Lipinski definition) is 3. The van der Waals surface area contributed by atoms with Gasteiger partial charge >= 0.3 is 0 Å². The second kappa shape index (κ2) is 19.4. The lowest BCUT2D eigenvalue weighted by atomic mass is 10.0. The average molecular weight is 473 g/mol. The predicted octanol–water partition coefficient (Wildman–Crippen LogP) is 10.6. The van der Waals surface area contributed by atoms with E-state index >= 15 is 0 Å². The zero-order chi connectivity index (χ0) is 23.4. The zero-order valence-corrected chi connectivity index (χ0v) is 22.8. The Morgan fingerprint density at radius 2 is 0.758 bits per heavy atom. The molecule has 0 fully saturated rings. The maximum Gasteiger partial charge on any atom is 0.0997 e. The lowest BCUT2D eigenvalue weighted by Crippen LogP contribution is -2.02. The number of hydrogen-bond donors (Lipinski definition) is 0. The number of aryl methyl sites for hydroxylation is 2. The summed E-state index contributed by atoms with van der Waals surface area (Å²) in [7, 11) is 0. The first-order valence-corrected chi connectivity index (χ1v) is 15.5. The van der Waals surface area contributed by atoms with E-state index in [0.717, 1.165) is 23.9 Å². The first-order valence-electron chi connectivity index (χ1n) is 14.6. The first kappa shape index (κ1) is 28.3. The molecule has 2 heterocycles. The van der Waals surface area contributed by atoms with Crippen molar-refractivity contribution in [1.29, 1.82) is 0 Å². The monoisotopic (exact) mass is 472 g/mol. The quantitative estimate of drug-likeness (QED) is 0.159. The van der Waals surface area contributed by atoms with Gasteiger partial charge in [-0.2, -0.15) is 0 Å². The van der Waals surface area contributed by atoms with Gasteiger partial charge in [-0.25, -0.2) is 9.97 Å². The van der Waals surface area contributed by atoms with Gasteiger partial charge in [-0.05, 0) is 25.7 Å². The maximum absolute atomic E-state index is 5.02. The molecule has 0 bridgehead atoms. The van der Waals surface area contributed by atoms with E-state index in [1.54, 1.807) is 11.3 Å². The Balaban J connectivity index is 1.62. The Morgan fingerprint density at radius 1 is 0.455 bits per heavy atom. The fourth-order valence-electron chi connectivity index (χ4n) is 4.83. The predicted molar refractivity (Wildman–Crippen MR) is 149 cm³/mol. The summed E-state index contributed by atoms with van der Waals surface area (Å²) in [5, 5.41) is 4.32. The van der Waals surface area contributed by atoms with Crippen molar-refractivity contribution in [2.24, 2.45) is 0 Å². The normalized spacial score (nSPS) is 11.6. The van der Waals surface area contributed by atoms with Gasteiger partial charge in [-0.15, -0.1) is 11.3 Å². The van der Waals surface area contributed by atoms with Crippen LogP contribution in [0.25, 0.3) is 11.0 Å². The fourth-order valence-corrected chi connectivity index (χ4v) is 5.50. The summed E-state index contributed by atoms with van der Waals surface area (Å²) in [6.07, 6.45) is 30.0. The van der Waals surface area contributed by atoms with Gasteiger partial charge in [0.15, 0.2) is 0 Å². The highest BCUT2D eigenvalue weighted by molar-refractivity contribution is 7.09. The Labute approximate surface area is 209 Å². The van der Waals surface area contributed by atoms with Crippen molar-refractivity contribution >= 4 is 22.4 Å². The van der Waals surface area contributed by atoms with E-state index in [1.807, 2.05) is 0 Å². The second-order valence-corrected chi connectivity index (χ2v) is 10.9. The molecule has 3 heteroatoms. The summed E-state index contributed by atoms with van der Waals surface area (Å²) in [6.45, 7) is 4.59. The lowest BCUT2D eigenvalue weighted by Gasteiger charge is -2.09. The first-order chi connectivity index (χ1) is 16.3. The summed E-state index contributed by atoms with van der Waals surface area (Å²) >= 11 is 1.73. The Morgan fingerprint density at radius 3 is 1.09 bits per heavy atom. The van der Waals surface area contributed by atoms with Crippen LogP contribution in [0, 0.1) is 0 Å². The van der Waals surface area contributed by atoms with Gasteiger partial charge in [0, 0.05) is 10.8 Å². The van der Waals surface area contributed by atoms with Crippen molar-refractivity contribution in [3.05, 3.63) is 22.1 Å². The van der Waals surface area contributed by atoms with Gasteiger partial charge < -0.3 is 0 Å². The van der Waals surface area contributed by atoms with E-state index in [-0.39, 0.29) is 0 Å². The molecule has 188 valence electrons. The Hall–Kier alpha value is -0.960. The highest BCUT2D eigenvalue weighted by Crippen LogP contribution is 2.21. The van der Waals surface area contributed by atoms with E-state index in [2.05, 4.69) is 24.6 Å². The average Bonchev–Trinajstić information content (AvgIpc) is 3.28. The van der Waals surface area contributed by atoms with E-state index < -0.39 is 0 Å². The van der Waals surface area contributed by atoms with Crippen molar-refractivity contribution in [2.75, 3.05) is 0 Å². The standard InChI is InChI=1S/C30H52N2S/c1-3-5-7-9-11-13-15-17-19-21-23-27-28(32-30-26-33-25-29(30)31-27)24-22-20-18-16-14-12-10-8-6-4-2/h25-26H,3-24H2,1-2H3. The third-order valence-electron chi connectivity index (χ3n) is 7.00. The molecule has 2 nitrogen and oxygen atoms in total. The molecular formula is C30H52N2S. The molecule has 0 aliphatic carbocycles. The van der Waals surface area contributed by atoms with E-state index in [0.29, 0.717) is 0 Å². The van der Waals surface area contributed by atoms with Crippen LogP contribution in [0.1, 0.15) is 154 Å². The van der Waals surface area contributed by atoms with Crippen LogP contribution in [-0.4, -0.2) is 9.97 Å². The van der Waals surface area contributed by atoms with Crippen LogP contribution < -0.4 is 0 Å². The molecular weight excluding hydrogens is 420 g/mol. The molecule has 0 atom stereocenters. The molecule has 2 aromatic heterocycles. The summed E-state index contributed by atoms with van der Waals surface area (Å²) in [5.41, 5.74) is 4.79. The molecule has 0 aliphatic heterocycles. The summed E-state index contributed by atoms with van der Waals surface area (Å²) in [6, 6.07) is 0. The molecule has 0 saturated heterocycles. The van der Waals surface area contributed by atoms with Crippen LogP contribution in [-0.2, 0) is 12.8 Å². The van der Waals surface area contributed by atoms with Crippen molar-refractivity contribution in [2.45, 2.75) is 155 Å². The molecule has 33 heavy (non-hydrogen) atoms. The molecule has 2 aromatic rings. The van der Waals surface area contributed by atoms with Crippen molar-refractivity contribution in [3.8, 4) is 0 Å². The zero-order valence-electron chi connectivity index (χ0n) is 22.0. The van der Waals surface area contributed by atoms with Crippen LogP contribution in [0.2, 0.25) is 0 Å². The minimum absolute atomic E-state index is 1.11. The Bertz CT molecular complexity index is 650. The van der Waals surface area contributed by atoms with Crippen LogP contribution >= 0.6 is 11.3 Å². The maximum atomic E-state index is 5.02. The minimum atomic E-state index is 1.11. The molecule has 0 unspecified atom stereocenters. The van der Waals surface area contributed by atoms with E-state index in [4.69, 9.17) is 9.97 Å². The Kier molecular flexibility index (Phi) is 16.6. The van der Waals surface area contributed by atoms with Gasteiger partial charge in [-0.1, -0.05) is 129 Å². The summed E-state index contributed by atoms with van der Waals surface area (Å²) < 4.78 is 0. The van der Waals surface area contributed by atoms with Gasteiger partial charge in [0.05, 0.1) is 22.4 Å². The number of nitrogens with zero attached hydrogens (tertiary/aromatic N) is 2. The van der Waals surface area contributed by atoms with E-state index in [9.17, 15) is 0 Å². The molecule has 0 aliphatic rings. The molecule has 0 radical (unpaired) electrons. The van der Waals surface area contributed by atoms with Gasteiger partial charge in [-0.3, -0.25) is 0 Å². The lowest BCUT2D eigenvalue weighted by molar-refractivity contribution is 0.551. The molecule has 0 N–H and O–H groups in total. The number of rotatable bonds is 22. The van der Waals surface area contributed by atoms with Gasteiger partial charge in [0.1, 0.15) is 0 Å². The smallest absolute Gasteiger partial charge is 0.0997 e. The van der Waals surface area contributed by atoms with Crippen LogP contribution in [0.4, 0.5) is 0 Å². The van der Waals surface area contributed by atoms with Crippen LogP contribution in [0.5, 0.6) is 0 Å². The third kappa shape index (κ3) is 12.9. The van der Waals surface area contributed by atoms with Crippen molar-refractivity contribution in [1.82, 2.24) is 9.97 Å². The summed E-state index contributed by atoms with van der Waals surface area (Å²) in [5.74, 6) is 0. The van der Waals surface area contributed by atoms with Crippen molar-refractivity contribution in [3.63, 3.8) is 0 Å². The molecule has 0 amide bonds. The SMILES string of the molecule is CCCCCCCCCCCCc1nc2cscc2nc1CCCCCCCCCCCC. The molecule has 0 saturated carbocycles. The topological polar surface area (TPSA) is 25.8 Å². The van der Waals surface area contributed by atoms with Crippen molar-refractivity contribution < 1.29 is 0 Å². The minimum Gasteiger partial charge on any atom is -0.248 e. The van der Waals surface area contributed by atoms with Gasteiger partial charge in [0.2, 0.25) is 0 Å². The second-order valence-electron chi connectivity index (χ2n) is 10.1. The number of aromatic nitrogens is 2. The largest absolute Gasteiger partial charge is 0.248 e. The molecule has 0 spiro atoms. The fraction of sp³-hybridized carbons (Fsp3) is 0.800. The molecule has 0 aromatic carbocycles. The summed E-state index contributed by atoms with van der Waals surface area (Å²) in [4.78, 5) is 10.0. The van der Waals surface area contributed by atoms with Crippen LogP contribution in [0.15, 0.2) is 10.8 Å². The van der Waals surface area contributed by atoms with Crippen LogP contribution in [0.3, 0.4) is 0 Å². The van der Waals surface area contributed by atoms with Gasteiger partial charge in [0.25, 0.3) is 0 Å². The highest BCUT2D eigenvalue weighted by Gasteiger charge is 2.09.